The monoisotopic (exact) mass is 979 g/mol. The normalized spacial score (nSPS) is 11.3. The Morgan fingerprint density at radius 2 is 0.620 bits per heavy atom. The second-order valence-corrected chi connectivity index (χ2v) is 21.1. The zero-order valence-corrected chi connectivity index (χ0v) is 46.2. The van der Waals surface area contributed by atoms with Gasteiger partial charge in [-0.1, -0.05) is 276 Å². The molecule has 400 valence electrons. The molecular formula is C65H106N2O4. The average molecular weight is 980 g/mol. The van der Waals surface area contributed by atoms with Crippen LogP contribution in [0.25, 0.3) is 11.1 Å². The van der Waals surface area contributed by atoms with Gasteiger partial charge in [-0.3, -0.25) is 20.4 Å². The molecule has 71 heavy (non-hydrogen) atoms. The number of hydrogen-bond acceptors (Lipinski definition) is 4. The van der Waals surface area contributed by atoms with Crippen molar-refractivity contribution in [1.82, 2.24) is 10.9 Å². The van der Waals surface area contributed by atoms with Gasteiger partial charge in [-0.2, -0.15) is 0 Å². The number of aryl methyl sites for hydroxylation is 1. The molecule has 0 aliphatic rings. The zero-order valence-electron chi connectivity index (χ0n) is 46.2. The Labute approximate surface area is 436 Å². The molecular weight excluding hydrogens is 873 g/mol. The molecule has 0 fully saturated rings. The molecule has 0 aliphatic heterocycles. The van der Waals surface area contributed by atoms with Crippen LogP contribution in [0.5, 0.6) is 11.5 Å². The molecule has 0 atom stereocenters. The quantitative estimate of drug-likeness (QED) is 0.0437. The lowest BCUT2D eigenvalue weighted by atomic mass is 10.0. The number of hydrogen-bond donors (Lipinski definition) is 2. The van der Waals surface area contributed by atoms with Crippen molar-refractivity contribution >= 4 is 11.8 Å². The lowest BCUT2D eigenvalue weighted by Gasteiger charge is -2.12. The van der Waals surface area contributed by atoms with Gasteiger partial charge in [-0.15, -0.1) is 0 Å². The maximum Gasteiger partial charge on any atom is 0.269 e. The molecule has 0 heterocycles. The number of nitrogens with one attached hydrogen (secondary N) is 2. The van der Waals surface area contributed by atoms with Gasteiger partial charge in [0.25, 0.3) is 11.8 Å². The SMILES string of the molecule is CCCCCCCCCCCCCCCCCCCCCCOc1ccc(C(=O)NNC(=O)c2ccc(-c3ccc(OCCCCCCCCCCCCCCCCCCCCCC)c(C)c3)cc2)cc1. The summed E-state index contributed by atoms with van der Waals surface area (Å²) in [5.74, 6) is 0.937. The van der Waals surface area contributed by atoms with Gasteiger partial charge in [0.05, 0.1) is 13.2 Å². The van der Waals surface area contributed by atoms with E-state index in [9.17, 15) is 9.59 Å². The topological polar surface area (TPSA) is 76.7 Å². The van der Waals surface area contributed by atoms with Crippen molar-refractivity contribution < 1.29 is 19.1 Å². The van der Waals surface area contributed by atoms with E-state index in [2.05, 4.69) is 49.8 Å². The van der Waals surface area contributed by atoms with Crippen LogP contribution in [-0.4, -0.2) is 25.0 Å². The fourth-order valence-electron chi connectivity index (χ4n) is 9.85. The summed E-state index contributed by atoms with van der Waals surface area (Å²) < 4.78 is 12.1. The summed E-state index contributed by atoms with van der Waals surface area (Å²) in [6.07, 6.45) is 55.2. The lowest BCUT2D eigenvalue weighted by Crippen LogP contribution is -2.41. The Morgan fingerprint density at radius 3 is 0.944 bits per heavy atom. The third-order valence-corrected chi connectivity index (χ3v) is 14.6. The summed E-state index contributed by atoms with van der Waals surface area (Å²) in [5, 5.41) is 0. The van der Waals surface area contributed by atoms with Gasteiger partial charge in [0.2, 0.25) is 0 Å². The molecule has 3 aromatic carbocycles. The summed E-state index contributed by atoms with van der Waals surface area (Å²) in [5.41, 5.74) is 9.21. The number of benzene rings is 3. The van der Waals surface area contributed by atoms with E-state index in [-0.39, 0.29) is 11.8 Å². The van der Waals surface area contributed by atoms with Crippen LogP contribution >= 0.6 is 0 Å². The standard InChI is InChI=1S/C65H106N2O4/c1-4-6-8-10-12-14-16-18-20-22-24-26-28-30-32-34-36-38-40-42-54-70-62-51-48-60(49-52-62)65(69)67-66-64(68)59-46-44-58(45-47-59)61-50-53-63(57(3)56-61)71-55-43-41-39-37-35-33-31-29-27-25-23-21-19-17-15-13-11-9-7-5-2/h44-53,56H,4-43,54-55H2,1-3H3,(H,66,68)(H,67,69). The van der Waals surface area contributed by atoms with E-state index in [1.807, 2.05) is 24.3 Å². The molecule has 0 radical (unpaired) electrons. The van der Waals surface area contributed by atoms with Crippen molar-refractivity contribution in [3.05, 3.63) is 83.4 Å². The van der Waals surface area contributed by atoms with Crippen LogP contribution in [-0.2, 0) is 0 Å². The van der Waals surface area contributed by atoms with Gasteiger partial charge in [-0.25, -0.2) is 0 Å². The van der Waals surface area contributed by atoms with Gasteiger partial charge >= 0.3 is 0 Å². The lowest BCUT2D eigenvalue weighted by molar-refractivity contribution is 0.0846. The number of amides is 2. The van der Waals surface area contributed by atoms with Crippen molar-refractivity contribution in [2.45, 2.75) is 278 Å². The smallest absolute Gasteiger partial charge is 0.269 e. The maximum absolute atomic E-state index is 12.9. The maximum atomic E-state index is 12.9. The molecule has 3 aromatic rings. The van der Waals surface area contributed by atoms with Gasteiger partial charge in [0.15, 0.2) is 0 Å². The van der Waals surface area contributed by atoms with Crippen LogP contribution < -0.4 is 20.3 Å². The van der Waals surface area contributed by atoms with Crippen molar-refractivity contribution in [2.75, 3.05) is 13.2 Å². The first-order valence-corrected chi connectivity index (χ1v) is 30.2. The van der Waals surface area contributed by atoms with Crippen LogP contribution in [0.3, 0.4) is 0 Å². The zero-order chi connectivity index (χ0) is 50.5. The Hall–Kier alpha value is -3.80. The first kappa shape index (κ1) is 61.5. The summed E-state index contributed by atoms with van der Waals surface area (Å²) in [7, 11) is 0. The first-order chi connectivity index (χ1) is 35.0. The highest BCUT2D eigenvalue weighted by Crippen LogP contribution is 2.27. The highest BCUT2D eigenvalue weighted by Gasteiger charge is 2.11. The third-order valence-electron chi connectivity index (χ3n) is 14.6. The Bertz CT molecular complexity index is 1710. The molecule has 0 aliphatic carbocycles. The number of rotatable bonds is 47. The Morgan fingerprint density at radius 1 is 0.338 bits per heavy atom. The molecule has 0 saturated heterocycles. The van der Waals surface area contributed by atoms with Gasteiger partial charge in [0.1, 0.15) is 11.5 Å². The van der Waals surface area contributed by atoms with Gasteiger partial charge in [0, 0.05) is 11.1 Å². The second-order valence-electron chi connectivity index (χ2n) is 21.1. The van der Waals surface area contributed by atoms with Crippen LogP contribution in [0.4, 0.5) is 0 Å². The predicted octanol–water partition coefficient (Wildman–Crippen LogP) is 20.1. The highest BCUT2D eigenvalue weighted by atomic mass is 16.5. The van der Waals surface area contributed by atoms with Gasteiger partial charge < -0.3 is 9.47 Å². The van der Waals surface area contributed by atoms with Crippen LogP contribution in [0.15, 0.2) is 66.7 Å². The minimum atomic E-state index is -0.376. The Kier molecular flexibility index (Phi) is 37.9. The third kappa shape index (κ3) is 32.1. The summed E-state index contributed by atoms with van der Waals surface area (Å²) in [4.78, 5) is 25.7. The minimum Gasteiger partial charge on any atom is -0.494 e. The molecule has 0 aromatic heterocycles. The molecule has 2 N–H and O–H groups in total. The number of unbranched alkanes of at least 4 members (excludes halogenated alkanes) is 38. The molecule has 0 saturated carbocycles. The first-order valence-electron chi connectivity index (χ1n) is 30.2. The highest BCUT2D eigenvalue weighted by molar-refractivity contribution is 5.99. The van der Waals surface area contributed by atoms with E-state index in [4.69, 9.17) is 9.47 Å². The van der Waals surface area contributed by atoms with Crippen molar-refractivity contribution in [3.8, 4) is 22.6 Å². The average Bonchev–Trinajstić information content (AvgIpc) is 3.39. The van der Waals surface area contributed by atoms with E-state index in [1.54, 1.807) is 24.3 Å². The molecule has 0 unspecified atom stereocenters. The summed E-state index contributed by atoms with van der Waals surface area (Å²) in [6.45, 7) is 8.10. The van der Waals surface area contributed by atoms with Crippen molar-refractivity contribution in [1.29, 1.82) is 0 Å². The van der Waals surface area contributed by atoms with Gasteiger partial charge in [-0.05, 0) is 85.0 Å². The number of ether oxygens (including phenoxy) is 2. The van der Waals surface area contributed by atoms with Crippen molar-refractivity contribution in [2.24, 2.45) is 0 Å². The van der Waals surface area contributed by atoms with E-state index >= 15 is 0 Å². The van der Waals surface area contributed by atoms with E-state index in [0.29, 0.717) is 17.7 Å². The van der Waals surface area contributed by atoms with Crippen LogP contribution in [0.1, 0.15) is 297 Å². The molecule has 0 spiro atoms. The molecule has 3 rings (SSSR count). The summed E-state index contributed by atoms with van der Waals surface area (Å²) >= 11 is 0. The fraction of sp³-hybridized carbons (Fsp3) is 0.692. The molecule has 0 bridgehead atoms. The number of hydrazine groups is 1. The van der Waals surface area contributed by atoms with Crippen LogP contribution in [0.2, 0.25) is 0 Å². The van der Waals surface area contributed by atoms with E-state index < -0.39 is 0 Å². The predicted molar refractivity (Wildman–Crippen MR) is 305 cm³/mol. The van der Waals surface area contributed by atoms with Crippen molar-refractivity contribution in [3.63, 3.8) is 0 Å². The minimum absolute atomic E-state index is 0.371. The summed E-state index contributed by atoms with van der Waals surface area (Å²) in [6, 6.07) is 20.8. The Balaban J connectivity index is 1.14. The largest absolute Gasteiger partial charge is 0.494 e. The molecule has 6 nitrogen and oxygen atoms in total. The van der Waals surface area contributed by atoms with E-state index in [1.165, 1.54) is 244 Å². The van der Waals surface area contributed by atoms with E-state index in [0.717, 1.165) is 47.6 Å². The molecule has 6 heteroatoms. The number of carbonyl (C=O) groups excluding carboxylic acids is 2. The molecule has 2 amide bonds. The van der Waals surface area contributed by atoms with Crippen LogP contribution in [0, 0.1) is 6.92 Å². The fourth-order valence-corrected chi connectivity index (χ4v) is 9.85. The number of carbonyl (C=O) groups is 2. The second kappa shape index (κ2) is 43.8.